The van der Waals surface area contributed by atoms with Crippen molar-refractivity contribution < 1.29 is 9.90 Å². The second-order valence-corrected chi connectivity index (χ2v) is 5.46. The minimum absolute atomic E-state index is 0.104. The highest BCUT2D eigenvalue weighted by Gasteiger charge is 2.06. The Morgan fingerprint density at radius 1 is 1.00 bits per heavy atom. The number of nitrogens with zero attached hydrogens (tertiary/aromatic N) is 2. The molecule has 0 bridgehead atoms. The van der Waals surface area contributed by atoms with E-state index in [0.29, 0.717) is 5.82 Å². The van der Waals surface area contributed by atoms with Crippen molar-refractivity contribution in [2.45, 2.75) is 45.4 Å². The fraction of sp³-hybridized carbons (Fsp3) is 0.389. The van der Waals surface area contributed by atoms with Crippen molar-refractivity contribution in [1.29, 1.82) is 0 Å². The molecule has 0 aliphatic rings. The van der Waals surface area contributed by atoms with Crippen LogP contribution in [0, 0.1) is 0 Å². The van der Waals surface area contributed by atoms with Gasteiger partial charge in [-0.1, -0.05) is 56.9 Å². The molecule has 0 aliphatic carbocycles. The van der Waals surface area contributed by atoms with E-state index in [-0.39, 0.29) is 5.56 Å². The minimum Gasteiger partial charge on any atom is -0.478 e. The molecular weight excluding hydrogens is 276 g/mol. The van der Waals surface area contributed by atoms with Gasteiger partial charge in [-0.3, -0.25) is 0 Å². The number of benzene rings is 1. The SMILES string of the molecule is CCCCCCCc1ccc(-c2ncc(C(=O)O)cn2)cc1. The van der Waals surface area contributed by atoms with Crippen LogP contribution in [0.5, 0.6) is 0 Å². The average Bonchev–Trinajstić information content (AvgIpc) is 2.55. The molecule has 0 amide bonds. The van der Waals surface area contributed by atoms with Crippen molar-refractivity contribution in [3.63, 3.8) is 0 Å². The lowest BCUT2D eigenvalue weighted by Gasteiger charge is -2.04. The van der Waals surface area contributed by atoms with Crippen LogP contribution in [0.15, 0.2) is 36.7 Å². The van der Waals surface area contributed by atoms with Crippen molar-refractivity contribution in [3.8, 4) is 11.4 Å². The van der Waals surface area contributed by atoms with Crippen LogP contribution in [0.2, 0.25) is 0 Å². The molecule has 1 heterocycles. The molecule has 22 heavy (non-hydrogen) atoms. The van der Waals surface area contributed by atoms with Gasteiger partial charge in [0.1, 0.15) is 0 Å². The maximum absolute atomic E-state index is 10.8. The second-order valence-electron chi connectivity index (χ2n) is 5.46. The monoisotopic (exact) mass is 298 g/mol. The van der Waals surface area contributed by atoms with E-state index in [1.807, 2.05) is 12.1 Å². The van der Waals surface area contributed by atoms with E-state index in [1.54, 1.807) is 0 Å². The zero-order chi connectivity index (χ0) is 15.8. The van der Waals surface area contributed by atoms with Crippen LogP contribution in [0.4, 0.5) is 0 Å². The predicted molar refractivity (Wildman–Crippen MR) is 86.9 cm³/mol. The summed E-state index contributed by atoms with van der Waals surface area (Å²) in [5.41, 5.74) is 2.33. The third-order valence-electron chi connectivity index (χ3n) is 3.68. The van der Waals surface area contributed by atoms with Gasteiger partial charge in [-0.15, -0.1) is 0 Å². The predicted octanol–water partition coefficient (Wildman–Crippen LogP) is 4.35. The fourth-order valence-electron chi connectivity index (χ4n) is 2.34. The molecule has 0 spiro atoms. The van der Waals surface area contributed by atoms with Crippen LogP contribution in [0.25, 0.3) is 11.4 Å². The minimum atomic E-state index is -1.01. The Bertz CT molecular complexity index is 591. The summed E-state index contributed by atoms with van der Waals surface area (Å²) in [6.45, 7) is 2.23. The van der Waals surface area contributed by atoms with Gasteiger partial charge in [0.15, 0.2) is 5.82 Å². The van der Waals surface area contributed by atoms with Gasteiger partial charge in [-0.05, 0) is 18.4 Å². The number of rotatable bonds is 8. The molecule has 0 saturated carbocycles. The summed E-state index contributed by atoms with van der Waals surface area (Å²) >= 11 is 0. The molecule has 0 atom stereocenters. The van der Waals surface area contributed by atoms with E-state index in [2.05, 4.69) is 29.0 Å². The quantitative estimate of drug-likeness (QED) is 0.736. The number of hydrogen-bond donors (Lipinski definition) is 1. The standard InChI is InChI=1S/C18H22N2O2/c1-2-3-4-5-6-7-14-8-10-15(11-9-14)17-19-12-16(13-20-17)18(21)22/h8-13H,2-7H2,1H3,(H,21,22). The Balaban J connectivity index is 1.92. The zero-order valence-electron chi connectivity index (χ0n) is 13.0. The smallest absolute Gasteiger partial charge is 0.338 e. The highest BCUT2D eigenvalue weighted by Crippen LogP contribution is 2.17. The highest BCUT2D eigenvalue weighted by molar-refractivity contribution is 5.86. The van der Waals surface area contributed by atoms with Crippen molar-refractivity contribution in [2.24, 2.45) is 0 Å². The number of carboxylic acid groups (broad SMARTS) is 1. The van der Waals surface area contributed by atoms with Crippen LogP contribution in [0.3, 0.4) is 0 Å². The van der Waals surface area contributed by atoms with E-state index >= 15 is 0 Å². The first-order valence-electron chi connectivity index (χ1n) is 7.85. The molecular formula is C18H22N2O2. The number of aromatic nitrogens is 2. The maximum Gasteiger partial charge on any atom is 0.338 e. The topological polar surface area (TPSA) is 63.1 Å². The van der Waals surface area contributed by atoms with E-state index in [9.17, 15) is 4.79 Å². The molecule has 1 N–H and O–H groups in total. The van der Waals surface area contributed by atoms with E-state index in [0.717, 1.165) is 12.0 Å². The summed E-state index contributed by atoms with van der Waals surface area (Å²) in [6.07, 6.45) is 10.2. The zero-order valence-corrected chi connectivity index (χ0v) is 13.0. The summed E-state index contributed by atoms with van der Waals surface area (Å²) < 4.78 is 0. The number of carboxylic acids is 1. The van der Waals surface area contributed by atoms with Crippen molar-refractivity contribution in [2.75, 3.05) is 0 Å². The first kappa shape index (κ1) is 16.1. The van der Waals surface area contributed by atoms with E-state index in [4.69, 9.17) is 5.11 Å². The molecule has 2 rings (SSSR count). The molecule has 1 aromatic heterocycles. The van der Waals surface area contributed by atoms with Crippen LogP contribution in [-0.2, 0) is 6.42 Å². The van der Waals surface area contributed by atoms with E-state index < -0.39 is 5.97 Å². The van der Waals surface area contributed by atoms with Gasteiger partial charge < -0.3 is 5.11 Å². The Morgan fingerprint density at radius 2 is 1.64 bits per heavy atom. The highest BCUT2D eigenvalue weighted by atomic mass is 16.4. The van der Waals surface area contributed by atoms with Gasteiger partial charge in [0.25, 0.3) is 0 Å². The molecule has 4 nitrogen and oxygen atoms in total. The Kier molecular flexibility index (Phi) is 6.07. The van der Waals surface area contributed by atoms with Crippen LogP contribution in [0.1, 0.15) is 54.9 Å². The Hall–Kier alpha value is -2.23. The summed E-state index contributed by atoms with van der Waals surface area (Å²) in [5.74, 6) is -0.454. The Labute approximate surface area is 131 Å². The van der Waals surface area contributed by atoms with Crippen LogP contribution in [-0.4, -0.2) is 21.0 Å². The first-order chi connectivity index (χ1) is 10.7. The fourth-order valence-corrected chi connectivity index (χ4v) is 2.34. The summed E-state index contributed by atoms with van der Waals surface area (Å²) in [7, 11) is 0. The van der Waals surface area contributed by atoms with Gasteiger partial charge in [0.2, 0.25) is 0 Å². The first-order valence-corrected chi connectivity index (χ1v) is 7.85. The lowest BCUT2D eigenvalue weighted by molar-refractivity contribution is 0.0696. The summed E-state index contributed by atoms with van der Waals surface area (Å²) in [6, 6.07) is 8.20. The molecule has 0 unspecified atom stereocenters. The number of unbranched alkanes of at least 4 members (excludes halogenated alkanes) is 4. The largest absolute Gasteiger partial charge is 0.478 e. The molecule has 0 saturated heterocycles. The lowest BCUT2D eigenvalue weighted by Crippen LogP contribution is -1.99. The molecule has 4 heteroatoms. The van der Waals surface area contributed by atoms with Gasteiger partial charge in [-0.25, -0.2) is 14.8 Å². The number of carbonyl (C=O) groups is 1. The van der Waals surface area contributed by atoms with Crippen LogP contribution >= 0.6 is 0 Å². The second kappa shape index (κ2) is 8.27. The Morgan fingerprint density at radius 3 is 2.23 bits per heavy atom. The van der Waals surface area contributed by atoms with Crippen molar-refractivity contribution in [3.05, 3.63) is 47.8 Å². The van der Waals surface area contributed by atoms with Gasteiger partial charge in [0, 0.05) is 18.0 Å². The van der Waals surface area contributed by atoms with Gasteiger partial charge >= 0.3 is 5.97 Å². The molecule has 0 fully saturated rings. The third kappa shape index (κ3) is 4.65. The molecule has 2 aromatic rings. The van der Waals surface area contributed by atoms with Gasteiger partial charge in [-0.2, -0.15) is 0 Å². The van der Waals surface area contributed by atoms with Crippen LogP contribution < -0.4 is 0 Å². The third-order valence-corrected chi connectivity index (χ3v) is 3.68. The van der Waals surface area contributed by atoms with Crippen molar-refractivity contribution >= 4 is 5.97 Å². The summed E-state index contributed by atoms with van der Waals surface area (Å²) in [4.78, 5) is 19.0. The summed E-state index contributed by atoms with van der Waals surface area (Å²) in [5, 5.41) is 8.84. The molecule has 1 aromatic carbocycles. The number of aromatic carboxylic acids is 1. The lowest BCUT2D eigenvalue weighted by atomic mass is 10.0. The van der Waals surface area contributed by atoms with Gasteiger partial charge in [0.05, 0.1) is 5.56 Å². The molecule has 116 valence electrons. The maximum atomic E-state index is 10.8. The van der Waals surface area contributed by atoms with Crippen molar-refractivity contribution in [1.82, 2.24) is 9.97 Å². The number of hydrogen-bond acceptors (Lipinski definition) is 3. The molecule has 0 radical (unpaired) electrons. The molecule has 0 aliphatic heterocycles. The normalized spacial score (nSPS) is 10.6. The van der Waals surface area contributed by atoms with E-state index in [1.165, 1.54) is 50.1 Å². The number of aryl methyl sites for hydroxylation is 1. The average molecular weight is 298 g/mol.